The van der Waals surface area contributed by atoms with Crippen LogP contribution in [-0.4, -0.2) is 15.9 Å². The average molecular weight is 473 g/mol. The Bertz CT molecular complexity index is 1350. The number of nitrogens with zero attached hydrogens (tertiary/aromatic N) is 2. The van der Waals surface area contributed by atoms with E-state index in [1.165, 1.54) is 18.3 Å². The van der Waals surface area contributed by atoms with Crippen LogP contribution in [0.1, 0.15) is 29.5 Å². The van der Waals surface area contributed by atoms with Crippen molar-refractivity contribution in [3.8, 4) is 11.4 Å². The highest BCUT2D eigenvalue weighted by atomic mass is 19.4. The van der Waals surface area contributed by atoms with Gasteiger partial charge < -0.3 is 10.2 Å². The minimum atomic E-state index is -4.85. The summed E-state index contributed by atoms with van der Waals surface area (Å²) in [6.45, 7) is 0.499. The number of nitrogens with two attached hydrogens (primary N) is 1. The number of para-hydroxylation sites is 1. The van der Waals surface area contributed by atoms with E-state index >= 15 is 0 Å². The number of amides is 1. The van der Waals surface area contributed by atoms with E-state index in [9.17, 15) is 26.7 Å². The first-order valence-corrected chi connectivity index (χ1v) is 9.86. The first kappa shape index (κ1) is 23.1. The quantitative estimate of drug-likeness (QED) is 0.283. The van der Waals surface area contributed by atoms with Crippen LogP contribution >= 0.6 is 0 Å². The Morgan fingerprint density at radius 1 is 1.00 bits per heavy atom. The number of carbonyl (C=O) groups excluding carboxylic acids is 1. The van der Waals surface area contributed by atoms with Crippen LogP contribution in [0.5, 0.6) is 0 Å². The van der Waals surface area contributed by atoms with Gasteiger partial charge in [0.05, 0.1) is 16.8 Å². The number of halogens is 5. The zero-order valence-corrected chi connectivity index (χ0v) is 17.5. The molecular weight excluding hydrogens is 457 g/mol. The van der Waals surface area contributed by atoms with Crippen LogP contribution in [0.4, 0.5) is 22.0 Å². The van der Waals surface area contributed by atoms with Crippen molar-refractivity contribution in [1.82, 2.24) is 9.97 Å². The lowest BCUT2D eigenvalue weighted by Gasteiger charge is -2.16. The van der Waals surface area contributed by atoms with E-state index in [1.807, 2.05) is 0 Å². The highest BCUT2D eigenvalue weighted by Crippen LogP contribution is 2.37. The monoisotopic (exact) mass is 473 g/mol. The van der Waals surface area contributed by atoms with Gasteiger partial charge in [-0.2, -0.15) is 13.2 Å². The summed E-state index contributed by atoms with van der Waals surface area (Å²) in [7, 11) is 0. The number of alkyl halides is 5. The SMILES string of the molecule is CC(F)(F)c1cc(-c2nccc(/C=C(/C(N)=O)c3cc4ccccc4o3)n2)cc(C(F)(F)F)c1. The summed E-state index contributed by atoms with van der Waals surface area (Å²) in [5, 5.41) is 0.727. The van der Waals surface area contributed by atoms with Gasteiger partial charge in [0.1, 0.15) is 11.3 Å². The molecule has 0 bridgehead atoms. The minimum Gasteiger partial charge on any atom is -0.456 e. The topological polar surface area (TPSA) is 82.0 Å². The van der Waals surface area contributed by atoms with Gasteiger partial charge in [0.25, 0.3) is 11.8 Å². The van der Waals surface area contributed by atoms with Crippen LogP contribution < -0.4 is 5.73 Å². The van der Waals surface area contributed by atoms with Crippen LogP contribution in [0.3, 0.4) is 0 Å². The third kappa shape index (κ3) is 4.80. The maximum Gasteiger partial charge on any atom is 0.416 e. The number of fused-ring (bicyclic) bond motifs is 1. The molecule has 34 heavy (non-hydrogen) atoms. The van der Waals surface area contributed by atoms with Gasteiger partial charge in [0.2, 0.25) is 0 Å². The van der Waals surface area contributed by atoms with Gasteiger partial charge in [-0.3, -0.25) is 4.79 Å². The molecule has 0 unspecified atom stereocenters. The Balaban J connectivity index is 1.81. The third-order valence-electron chi connectivity index (χ3n) is 4.95. The molecule has 0 radical (unpaired) electrons. The number of benzene rings is 2. The van der Waals surface area contributed by atoms with Crippen molar-refractivity contribution in [1.29, 1.82) is 0 Å². The Morgan fingerprint density at radius 3 is 2.35 bits per heavy atom. The molecule has 0 saturated carbocycles. The van der Waals surface area contributed by atoms with Gasteiger partial charge in [-0.25, -0.2) is 18.7 Å². The molecule has 5 nitrogen and oxygen atoms in total. The van der Waals surface area contributed by atoms with Gasteiger partial charge in [-0.05, 0) is 42.5 Å². The second kappa shape index (κ2) is 8.36. The molecule has 4 rings (SSSR count). The number of hydrogen-bond donors (Lipinski definition) is 1. The van der Waals surface area contributed by atoms with Gasteiger partial charge in [0.15, 0.2) is 5.82 Å². The molecule has 10 heteroatoms. The van der Waals surface area contributed by atoms with Crippen molar-refractivity contribution in [3.63, 3.8) is 0 Å². The second-order valence-corrected chi connectivity index (χ2v) is 7.56. The summed E-state index contributed by atoms with van der Waals surface area (Å²) in [6.07, 6.45) is -2.34. The predicted octanol–water partition coefficient (Wildman–Crippen LogP) is 6.05. The lowest BCUT2D eigenvalue weighted by Crippen LogP contribution is -2.13. The van der Waals surface area contributed by atoms with Gasteiger partial charge in [0, 0.05) is 29.6 Å². The fourth-order valence-corrected chi connectivity index (χ4v) is 3.29. The average Bonchev–Trinajstić information content (AvgIpc) is 3.20. The molecule has 0 aliphatic heterocycles. The first-order valence-electron chi connectivity index (χ1n) is 9.86. The van der Waals surface area contributed by atoms with E-state index in [0.717, 1.165) is 11.5 Å². The molecule has 2 aromatic carbocycles. The second-order valence-electron chi connectivity index (χ2n) is 7.56. The number of aromatic nitrogens is 2. The Morgan fingerprint density at radius 2 is 1.71 bits per heavy atom. The third-order valence-corrected chi connectivity index (χ3v) is 4.95. The van der Waals surface area contributed by atoms with E-state index in [0.29, 0.717) is 24.6 Å². The molecule has 2 aromatic heterocycles. The van der Waals surface area contributed by atoms with Crippen molar-refractivity contribution >= 4 is 28.5 Å². The smallest absolute Gasteiger partial charge is 0.416 e. The highest BCUT2D eigenvalue weighted by Gasteiger charge is 2.35. The molecule has 0 saturated heterocycles. The Kier molecular flexibility index (Phi) is 5.68. The number of carbonyl (C=O) groups is 1. The lowest BCUT2D eigenvalue weighted by molar-refractivity contribution is -0.137. The molecule has 0 spiro atoms. The number of hydrogen-bond acceptors (Lipinski definition) is 4. The van der Waals surface area contributed by atoms with Gasteiger partial charge in [-0.1, -0.05) is 18.2 Å². The van der Waals surface area contributed by atoms with E-state index in [2.05, 4.69) is 9.97 Å². The predicted molar refractivity (Wildman–Crippen MR) is 115 cm³/mol. The van der Waals surface area contributed by atoms with E-state index in [4.69, 9.17) is 10.2 Å². The van der Waals surface area contributed by atoms with Crippen molar-refractivity contribution < 1.29 is 31.2 Å². The van der Waals surface area contributed by atoms with Crippen molar-refractivity contribution in [3.05, 3.63) is 83.4 Å². The summed E-state index contributed by atoms with van der Waals surface area (Å²) in [4.78, 5) is 20.2. The standard InChI is InChI=1S/C24H16F5N3O2/c1-23(25,26)15-8-14(9-16(11-15)24(27,28)29)22-31-7-6-17(32-22)12-18(21(30)33)20-10-13-4-2-3-5-19(13)34-20/h2-12H,1H3,(H2,30,33)/b18-12+. The zero-order valence-electron chi connectivity index (χ0n) is 17.5. The van der Waals surface area contributed by atoms with Crippen LogP contribution in [0.25, 0.3) is 34.0 Å². The molecule has 174 valence electrons. The molecule has 0 atom stereocenters. The van der Waals surface area contributed by atoms with Crippen molar-refractivity contribution in [2.24, 2.45) is 5.73 Å². The summed E-state index contributed by atoms with van der Waals surface area (Å²) < 4.78 is 73.3. The normalized spacial score (nSPS) is 12.8. The fourth-order valence-electron chi connectivity index (χ4n) is 3.29. The summed E-state index contributed by atoms with van der Waals surface area (Å²) in [6, 6.07) is 12.0. The molecule has 4 aromatic rings. The van der Waals surface area contributed by atoms with Crippen molar-refractivity contribution in [2.75, 3.05) is 0 Å². The number of primary amides is 1. The zero-order chi connectivity index (χ0) is 24.7. The van der Waals surface area contributed by atoms with Crippen molar-refractivity contribution in [2.45, 2.75) is 19.0 Å². The van der Waals surface area contributed by atoms with Crippen LogP contribution in [0.15, 0.2) is 65.2 Å². The van der Waals surface area contributed by atoms with Crippen LogP contribution in [0, 0.1) is 0 Å². The molecule has 2 N–H and O–H groups in total. The fraction of sp³-hybridized carbons (Fsp3) is 0.125. The molecule has 2 heterocycles. The highest BCUT2D eigenvalue weighted by molar-refractivity contribution is 6.23. The van der Waals surface area contributed by atoms with Gasteiger partial charge >= 0.3 is 6.18 Å². The molecule has 1 amide bonds. The maximum absolute atomic E-state index is 13.9. The number of rotatable bonds is 5. The molecule has 0 fully saturated rings. The van der Waals surface area contributed by atoms with Gasteiger partial charge in [-0.15, -0.1) is 0 Å². The van der Waals surface area contributed by atoms with E-state index < -0.39 is 29.1 Å². The first-order chi connectivity index (χ1) is 15.9. The summed E-state index contributed by atoms with van der Waals surface area (Å²) in [5.41, 5.74) is 3.75. The molecule has 0 aliphatic carbocycles. The molecule has 0 aliphatic rings. The van der Waals surface area contributed by atoms with Crippen LogP contribution in [0.2, 0.25) is 0 Å². The van der Waals surface area contributed by atoms with E-state index in [-0.39, 0.29) is 28.4 Å². The Labute approximate surface area is 189 Å². The maximum atomic E-state index is 13.9. The molecular formula is C24H16F5N3O2. The minimum absolute atomic E-state index is 0.0364. The summed E-state index contributed by atoms with van der Waals surface area (Å²) in [5.74, 6) is -4.42. The number of furan rings is 1. The lowest BCUT2D eigenvalue weighted by atomic mass is 10.0. The van der Waals surface area contributed by atoms with Crippen LogP contribution in [-0.2, 0) is 16.9 Å². The largest absolute Gasteiger partial charge is 0.456 e. The van der Waals surface area contributed by atoms with E-state index in [1.54, 1.807) is 30.3 Å². The Hall–Kier alpha value is -4.08. The summed E-state index contributed by atoms with van der Waals surface area (Å²) >= 11 is 0.